The summed E-state index contributed by atoms with van der Waals surface area (Å²) in [6.45, 7) is 2.82. The Kier molecular flexibility index (Phi) is 3.68. The maximum absolute atomic E-state index is 11.0. The van der Waals surface area contributed by atoms with Crippen LogP contribution in [0.2, 0.25) is 5.02 Å². The van der Waals surface area contributed by atoms with Gasteiger partial charge in [0.1, 0.15) is 11.9 Å². The van der Waals surface area contributed by atoms with E-state index in [1.54, 1.807) is 11.8 Å². The molecule has 2 N–H and O–H groups in total. The highest BCUT2D eigenvalue weighted by molar-refractivity contribution is 7.99. The van der Waals surface area contributed by atoms with Crippen molar-refractivity contribution in [1.29, 1.82) is 0 Å². The number of anilines is 1. The average molecular weight is 343 g/mol. The van der Waals surface area contributed by atoms with Crippen LogP contribution in [0, 0.1) is 0 Å². The van der Waals surface area contributed by atoms with Crippen LogP contribution in [0.1, 0.15) is 24.2 Å². The minimum atomic E-state index is -0.703. The van der Waals surface area contributed by atoms with Gasteiger partial charge in [0.25, 0.3) is 0 Å². The molecule has 3 aromatic rings. The third kappa shape index (κ3) is 2.38. The Hall–Kier alpha value is -1.75. The summed E-state index contributed by atoms with van der Waals surface area (Å²) in [7, 11) is 0. The second-order valence-electron chi connectivity index (χ2n) is 5.44. The van der Waals surface area contributed by atoms with Gasteiger partial charge in [0.05, 0.1) is 10.4 Å². The van der Waals surface area contributed by atoms with E-state index in [1.165, 1.54) is 0 Å². The fraction of sp³-hybridized carbons (Fsp3) is 0.167. The van der Waals surface area contributed by atoms with Crippen LogP contribution in [0.25, 0.3) is 10.9 Å². The molecule has 2 aromatic carbocycles. The molecule has 0 radical (unpaired) electrons. The molecule has 1 aromatic heterocycles. The Morgan fingerprint density at radius 2 is 2.09 bits per heavy atom. The second-order valence-corrected chi connectivity index (χ2v) is 6.93. The number of rotatable bonds is 2. The monoisotopic (exact) mass is 342 g/mol. The fourth-order valence-corrected chi connectivity index (χ4v) is 4.34. The summed E-state index contributed by atoms with van der Waals surface area (Å²) in [4.78, 5) is 6.75. The standard InChI is InChI=1S/C18H15ClN2OS/c1-2-20-18-17-15(11-5-3-4-6-13(11)21-18)16(22)12-9-10(19)7-8-14(12)23-17/h3-9,16,22H,2H2,1H3,(H,20,21). The summed E-state index contributed by atoms with van der Waals surface area (Å²) in [5, 5.41) is 15.9. The van der Waals surface area contributed by atoms with E-state index in [2.05, 4.69) is 5.32 Å². The third-order valence-corrected chi connectivity index (χ3v) is 5.43. The lowest BCUT2D eigenvalue weighted by molar-refractivity contribution is 0.215. The SMILES string of the molecule is CCNc1nc2ccccc2c2c1Sc1ccc(Cl)cc1C2O. The van der Waals surface area contributed by atoms with Crippen LogP contribution in [-0.4, -0.2) is 16.6 Å². The number of hydrogen-bond donors (Lipinski definition) is 2. The molecule has 2 heterocycles. The van der Waals surface area contributed by atoms with E-state index in [1.807, 2.05) is 49.4 Å². The molecule has 4 rings (SSSR count). The maximum Gasteiger partial charge on any atom is 0.141 e. The van der Waals surface area contributed by atoms with Crippen molar-refractivity contribution in [3.8, 4) is 0 Å². The molecular weight excluding hydrogens is 328 g/mol. The van der Waals surface area contributed by atoms with Gasteiger partial charge in [0.15, 0.2) is 0 Å². The number of nitrogens with one attached hydrogen (secondary N) is 1. The van der Waals surface area contributed by atoms with E-state index < -0.39 is 6.10 Å². The molecule has 1 aliphatic rings. The number of fused-ring (bicyclic) bond motifs is 4. The molecule has 116 valence electrons. The molecule has 0 spiro atoms. The molecule has 3 nitrogen and oxygen atoms in total. The quantitative estimate of drug-likeness (QED) is 0.697. The van der Waals surface area contributed by atoms with Crippen LogP contribution in [0.3, 0.4) is 0 Å². The van der Waals surface area contributed by atoms with Crippen molar-refractivity contribution >= 4 is 40.1 Å². The Labute approximate surface area is 143 Å². The molecular formula is C18H15ClN2OS. The number of halogens is 1. The van der Waals surface area contributed by atoms with Gasteiger partial charge in [-0.05, 0) is 31.2 Å². The van der Waals surface area contributed by atoms with Crippen molar-refractivity contribution < 1.29 is 5.11 Å². The number of pyridine rings is 1. The molecule has 1 aliphatic heterocycles. The van der Waals surface area contributed by atoms with E-state index in [0.29, 0.717) is 5.02 Å². The Morgan fingerprint density at radius 3 is 2.91 bits per heavy atom. The zero-order valence-corrected chi connectivity index (χ0v) is 14.1. The molecule has 5 heteroatoms. The predicted octanol–water partition coefficient (Wildman–Crippen LogP) is 4.87. The second kappa shape index (κ2) is 5.71. The van der Waals surface area contributed by atoms with E-state index in [9.17, 15) is 5.11 Å². The summed E-state index contributed by atoms with van der Waals surface area (Å²) in [6, 6.07) is 13.6. The topological polar surface area (TPSA) is 45.2 Å². The average Bonchev–Trinajstić information content (AvgIpc) is 2.56. The Morgan fingerprint density at radius 1 is 1.26 bits per heavy atom. The van der Waals surface area contributed by atoms with Gasteiger partial charge < -0.3 is 10.4 Å². The zero-order valence-electron chi connectivity index (χ0n) is 12.5. The Bertz CT molecular complexity index is 913. The first-order chi connectivity index (χ1) is 11.2. The van der Waals surface area contributed by atoms with Gasteiger partial charge in [0.2, 0.25) is 0 Å². The predicted molar refractivity (Wildman–Crippen MR) is 95.5 cm³/mol. The molecule has 23 heavy (non-hydrogen) atoms. The van der Waals surface area contributed by atoms with Crippen molar-refractivity contribution in [3.63, 3.8) is 0 Å². The van der Waals surface area contributed by atoms with E-state index >= 15 is 0 Å². The summed E-state index contributed by atoms with van der Waals surface area (Å²) in [6.07, 6.45) is -0.703. The molecule has 0 fully saturated rings. The summed E-state index contributed by atoms with van der Waals surface area (Å²) in [5.41, 5.74) is 2.65. The summed E-state index contributed by atoms with van der Waals surface area (Å²) >= 11 is 7.76. The number of hydrogen-bond acceptors (Lipinski definition) is 4. The highest BCUT2D eigenvalue weighted by Gasteiger charge is 2.29. The van der Waals surface area contributed by atoms with E-state index in [0.717, 1.165) is 44.2 Å². The highest BCUT2D eigenvalue weighted by atomic mass is 35.5. The summed E-state index contributed by atoms with van der Waals surface area (Å²) < 4.78 is 0. The van der Waals surface area contributed by atoms with Gasteiger partial charge in [-0.3, -0.25) is 0 Å². The maximum atomic E-state index is 11.0. The van der Waals surface area contributed by atoms with Crippen LogP contribution in [0.15, 0.2) is 52.3 Å². The Balaban J connectivity index is 2.02. The van der Waals surface area contributed by atoms with Crippen molar-refractivity contribution in [2.75, 3.05) is 11.9 Å². The van der Waals surface area contributed by atoms with Crippen LogP contribution in [0.5, 0.6) is 0 Å². The smallest absolute Gasteiger partial charge is 0.141 e. The molecule has 0 amide bonds. The zero-order chi connectivity index (χ0) is 16.0. The number of benzene rings is 2. The number of aliphatic hydroxyl groups is 1. The lowest BCUT2D eigenvalue weighted by Gasteiger charge is -2.27. The van der Waals surface area contributed by atoms with Crippen molar-refractivity contribution in [1.82, 2.24) is 4.98 Å². The highest BCUT2D eigenvalue weighted by Crippen LogP contribution is 2.50. The number of aromatic nitrogens is 1. The van der Waals surface area contributed by atoms with Gasteiger partial charge in [-0.2, -0.15) is 0 Å². The molecule has 0 aliphatic carbocycles. The van der Waals surface area contributed by atoms with Crippen molar-refractivity contribution in [3.05, 3.63) is 58.6 Å². The molecule has 0 saturated carbocycles. The molecule has 0 saturated heterocycles. The van der Waals surface area contributed by atoms with Crippen LogP contribution >= 0.6 is 23.4 Å². The van der Waals surface area contributed by atoms with Gasteiger partial charge in [-0.15, -0.1) is 0 Å². The van der Waals surface area contributed by atoms with Gasteiger partial charge >= 0.3 is 0 Å². The van der Waals surface area contributed by atoms with Gasteiger partial charge in [0, 0.05) is 33.0 Å². The largest absolute Gasteiger partial charge is 0.384 e. The number of nitrogens with zero attached hydrogens (tertiary/aromatic N) is 1. The van der Waals surface area contributed by atoms with Crippen LogP contribution in [-0.2, 0) is 0 Å². The first-order valence-corrected chi connectivity index (χ1v) is 8.70. The van der Waals surface area contributed by atoms with Crippen LogP contribution < -0.4 is 5.32 Å². The number of para-hydroxylation sites is 1. The number of aliphatic hydroxyl groups excluding tert-OH is 1. The van der Waals surface area contributed by atoms with E-state index in [4.69, 9.17) is 16.6 Å². The first kappa shape index (κ1) is 14.8. The third-order valence-electron chi connectivity index (χ3n) is 3.98. The first-order valence-electron chi connectivity index (χ1n) is 7.51. The normalized spacial score (nSPS) is 16.0. The van der Waals surface area contributed by atoms with Gasteiger partial charge in [-0.1, -0.05) is 41.6 Å². The van der Waals surface area contributed by atoms with Crippen molar-refractivity contribution in [2.45, 2.75) is 22.8 Å². The molecule has 0 bridgehead atoms. The lowest BCUT2D eigenvalue weighted by Crippen LogP contribution is -2.12. The molecule has 1 atom stereocenters. The summed E-state index contributed by atoms with van der Waals surface area (Å²) in [5.74, 6) is 0.825. The van der Waals surface area contributed by atoms with Gasteiger partial charge in [-0.25, -0.2) is 4.98 Å². The molecule has 1 unspecified atom stereocenters. The minimum Gasteiger partial charge on any atom is -0.384 e. The van der Waals surface area contributed by atoms with E-state index in [-0.39, 0.29) is 0 Å². The van der Waals surface area contributed by atoms with Crippen LogP contribution in [0.4, 0.5) is 5.82 Å². The minimum absolute atomic E-state index is 0.636. The van der Waals surface area contributed by atoms with Crippen molar-refractivity contribution in [2.24, 2.45) is 0 Å². The fourth-order valence-electron chi connectivity index (χ4n) is 2.97. The lowest BCUT2D eigenvalue weighted by atomic mass is 9.97.